The summed E-state index contributed by atoms with van der Waals surface area (Å²) in [7, 11) is 0. The molecule has 0 saturated heterocycles. The number of ether oxygens (including phenoxy) is 1. The lowest BCUT2D eigenvalue weighted by atomic mass is 9.97. The molecule has 0 saturated carbocycles. The van der Waals surface area contributed by atoms with Crippen LogP contribution >= 0.6 is 11.8 Å². The van der Waals surface area contributed by atoms with Crippen LogP contribution in [0.5, 0.6) is 0 Å². The highest BCUT2D eigenvalue weighted by atomic mass is 32.2. The van der Waals surface area contributed by atoms with Crippen LogP contribution < -0.4 is 0 Å². The SMILES string of the molecule is CC(C)(OCCSCC1=CC=CC1)c1ccccc1F. The number of halogens is 1. The molecule has 3 heteroatoms. The molecular formula is C17H21FOS. The molecule has 108 valence electrons. The molecule has 0 spiro atoms. The average Bonchev–Trinajstić information content (AvgIpc) is 2.91. The van der Waals surface area contributed by atoms with E-state index in [9.17, 15) is 4.39 Å². The second kappa shape index (κ2) is 7.09. The van der Waals surface area contributed by atoms with Crippen LogP contribution in [0.4, 0.5) is 4.39 Å². The highest BCUT2D eigenvalue weighted by Gasteiger charge is 2.24. The topological polar surface area (TPSA) is 9.23 Å². The lowest BCUT2D eigenvalue weighted by molar-refractivity contribution is -0.0149. The standard InChI is InChI=1S/C17H21FOS/c1-17(2,15-9-5-6-10-16(15)18)19-11-12-20-13-14-7-3-4-8-14/h3-7,9-10H,8,11-13H2,1-2H3. The molecule has 0 unspecified atom stereocenters. The van der Waals surface area contributed by atoms with Gasteiger partial charge in [0.1, 0.15) is 5.82 Å². The van der Waals surface area contributed by atoms with Crippen LogP contribution in [0, 0.1) is 5.82 Å². The van der Waals surface area contributed by atoms with Gasteiger partial charge in [-0.3, -0.25) is 0 Å². The first-order chi connectivity index (χ1) is 9.59. The van der Waals surface area contributed by atoms with E-state index in [4.69, 9.17) is 4.74 Å². The van der Waals surface area contributed by atoms with E-state index >= 15 is 0 Å². The maximum Gasteiger partial charge on any atom is 0.129 e. The molecule has 1 nitrogen and oxygen atoms in total. The van der Waals surface area contributed by atoms with E-state index in [-0.39, 0.29) is 5.82 Å². The zero-order valence-electron chi connectivity index (χ0n) is 12.1. The van der Waals surface area contributed by atoms with Crippen molar-refractivity contribution in [3.8, 4) is 0 Å². The molecule has 1 aliphatic rings. The summed E-state index contributed by atoms with van der Waals surface area (Å²) < 4.78 is 19.6. The van der Waals surface area contributed by atoms with Crippen LogP contribution in [0.2, 0.25) is 0 Å². The number of thioether (sulfide) groups is 1. The van der Waals surface area contributed by atoms with Crippen LogP contribution in [-0.2, 0) is 10.3 Å². The molecule has 0 heterocycles. The summed E-state index contributed by atoms with van der Waals surface area (Å²) in [5, 5.41) is 0. The third-order valence-electron chi connectivity index (χ3n) is 3.35. The van der Waals surface area contributed by atoms with Crippen molar-refractivity contribution in [3.63, 3.8) is 0 Å². The third-order valence-corrected chi connectivity index (χ3v) is 4.38. The van der Waals surface area contributed by atoms with Crippen molar-refractivity contribution in [2.45, 2.75) is 25.9 Å². The molecule has 1 aromatic rings. The van der Waals surface area contributed by atoms with Gasteiger partial charge in [-0.15, -0.1) is 0 Å². The van der Waals surface area contributed by atoms with Gasteiger partial charge in [0, 0.05) is 17.1 Å². The zero-order chi connectivity index (χ0) is 14.4. The molecule has 0 aliphatic heterocycles. The predicted octanol–water partition coefficient (Wildman–Crippen LogP) is 4.70. The molecule has 0 fully saturated rings. The minimum Gasteiger partial charge on any atom is -0.370 e. The Balaban J connectivity index is 1.74. The van der Waals surface area contributed by atoms with E-state index in [0.717, 1.165) is 17.9 Å². The van der Waals surface area contributed by atoms with Gasteiger partial charge < -0.3 is 4.74 Å². The summed E-state index contributed by atoms with van der Waals surface area (Å²) in [6.45, 7) is 4.46. The van der Waals surface area contributed by atoms with Gasteiger partial charge >= 0.3 is 0 Å². The van der Waals surface area contributed by atoms with Crippen LogP contribution in [0.15, 0.2) is 48.1 Å². The van der Waals surface area contributed by atoms with Gasteiger partial charge in [0.2, 0.25) is 0 Å². The van der Waals surface area contributed by atoms with Gasteiger partial charge in [-0.1, -0.05) is 42.0 Å². The highest BCUT2D eigenvalue weighted by molar-refractivity contribution is 7.99. The number of rotatable bonds is 7. The van der Waals surface area contributed by atoms with E-state index in [2.05, 4.69) is 18.2 Å². The van der Waals surface area contributed by atoms with Crippen LogP contribution in [0.25, 0.3) is 0 Å². The van der Waals surface area contributed by atoms with Crippen molar-refractivity contribution in [1.29, 1.82) is 0 Å². The molecule has 0 atom stereocenters. The maximum absolute atomic E-state index is 13.8. The first-order valence-corrected chi connectivity index (χ1v) is 8.06. The Labute approximate surface area is 124 Å². The molecule has 0 radical (unpaired) electrons. The Hall–Kier alpha value is -1.06. The lowest BCUT2D eigenvalue weighted by Gasteiger charge is -2.26. The number of hydrogen-bond acceptors (Lipinski definition) is 2. The zero-order valence-corrected chi connectivity index (χ0v) is 12.9. The second-order valence-electron chi connectivity index (χ2n) is 5.35. The van der Waals surface area contributed by atoms with E-state index in [1.807, 2.05) is 31.7 Å². The normalized spacial score (nSPS) is 14.7. The van der Waals surface area contributed by atoms with Crippen molar-refractivity contribution < 1.29 is 9.13 Å². The van der Waals surface area contributed by atoms with Crippen molar-refractivity contribution in [1.82, 2.24) is 0 Å². The quantitative estimate of drug-likeness (QED) is 0.674. The lowest BCUT2D eigenvalue weighted by Crippen LogP contribution is -2.24. The Morgan fingerprint density at radius 2 is 2.10 bits per heavy atom. The Morgan fingerprint density at radius 1 is 1.30 bits per heavy atom. The third kappa shape index (κ3) is 4.22. The smallest absolute Gasteiger partial charge is 0.129 e. The minimum absolute atomic E-state index is 0.202. The highest BCUT2D eigenvalue weighted by Crippen LogP contribution is 2.27. The summed E-state index contributed by atoms with van der Waals surface area (Å²) in [6.07, 6.45) is 7.53. The fourth-order valence-electron chi connectivity index (χ4n) is 2.18. The Kier molecular flexibility index (Phi) is 5.44. The second-order valence-corrected chi connectivity index (χ2v) is 6.45. The largest absolute Gasteiger partial charge is 0.370 e. The molecule has 0 amide bonds. The fourth-order valence-corrected chi connectivity index (χ4v) is 3.01. The van der Waals surface area contributed by atoms with Crippen LogP contribution in [0.3, 0.4) is 0 Å². The molecule has 1 aliphatic carbocycles. The summed E-state index contributed by atoms with van der Waals surface area (Å²) in [5.41, 5.74) is 1.50. The summed E-state index contributed by atoms with van der Waals surface area (Å²) >= 11 is 1.86. The van der Waals surface area contributed by atoms with E-state index in [1.165, 1.54) is 11.6 Å². The van der Waals surface area contributed by atoms with Crippen molar-refractivity contribution in [2.24, 2.45) is 0 Å². The molecule has 0 bridgehead atoms. The Bertz CT molecular complexity index is 505. The maximum atomic E-state index is 13.8. The van der Waals surface area contributed by atoms with Gasteiger partial charge in [0.25, 0.3) is 0 Å². The molecule has 2 rings (SSSR count). The number of benzene rings is 1. The fraction of sp³-hybridized carbons (Fsp3) is 0.412. The number of hydrogen-bond donors (Lipinski definition) is 0. The summed E-state index contributed by atoms with van der Waals surface area (Å²) in [4.78, 5) is 0. The van der Waals surface area contributed by atoms with Crippen molar-refractivity contribution in [3.05, 3.63) is 59.4 Å². The summed E-state index contributed by atoms with van der Waals surface area (Å²) in [5.74, 6) is 1.78. The first kappa shape index (κ1) is 15.3. The van der Waals surface area contributed by atoms with Crippen molar-refractivity contribution in [2.75, 3.05) is 18.1 Å². The molecule has 20 heavy (non-hydrogen) atoms. The Morgan fingerprint density at radius 3 is 2.80 bits per heavy atom. The molecule has 0 N–H and O–H groups in total. The van der Waals surface area contributed by atoms with Gasteiger partial charge in [0.15, 0.2) is 0 Å². The van der Waals surface area contributed by atoms with Gasteiger partial charge in [0.05, 0.1) is 12.2 Å². The number of allylic oxidation sites excluding steroid dienone is 3. The van der Waals surface area contributed by atoms with Crippen LogP contribution in [0.1, 0.15) is 25.8 Å². The monoisotopic (exact) mass is 292 g/mol. The summed E-state index contributed by atoms with van der Waals surface area (Å²) in [6, 6.07) is 6.82. The van der Waals surface area contributed by atoms with E-state index in [0.29, 0.717) is 12.2 Å². The molecule has 1 aromatic carbocycles. The van der Waals surface area contributed by atoms with Gasteiger partial charge in [-0.2, -0.15) is 11.8 Å². The van der Waals surface area contributed by atoms with Gasteiger partial charge in [-0.25, -0.2) is 4.39 Å². The average molecular weight is 292 g/mol. The van der Waals surface area contributed by atoms with Crippen LogP contribution in [-0.4, -0.2) is 18.1 Å². The van der Waals surface area contributed by atoms with Crippen molar-refractivity contribution >= 4 is 11.8 Å². The predicted molar refractivity (Wildman–Crippen MR) is 84.5 cm³/mol. The van der Waals surface area contributed by atoms with E-state index < -0.39 is 5.60 Å². The van der Waals surface area contributed by atoms with Gasteiger partial charge in [-0.05, 0) is 26.3 Å². The van der Waals surface area contributed by atoms with E-state index in [1.54, 1.807) is 12.1 Å². The first-order valence-electron chi connectivity index (χ1n) is 6.91. The minimum atomic E-state index is -0.583. The molecular weight excluding hydrogens is 271 g/mol. The molecule has 0 aromatic heterocycles.